The Morgan fingerprint density at radius 3 is 2.94 bits per heavy atom. The molecule has 3 heteroatoms. The number of amides is 1. The predicted octanol–water partition coefficient (Wildman–Crippen LogP) is 2.08. The summed E-state index contributed by atoms with van der Waals surface area (Å²) in [5.41, 5.74) is 1.97. The van der Waals surface area contributed by atoms with Gasteiger partial charge < -0.3 is 5.32 Å². The van der Waals surface area contributed by atoms with E-state index in [9.17, 15) is 4.79 Å². The topological polar surface area (TPSA) is 42.0 Å². The summed E-state index contributed by atoms with van der Waals surface area (Å²) in [6.07, 6.45) is 2.00. The number of benzene rings is 1. The van der Waals surface area contributed by atoms with Crippen LogP contribution < -0.4 is 5.32 Å². The third kappa shape index (κ3) is 2.91. The molecule has 0 fully saturated rings. The highest BCUT2D eigenvalue weighted by Crippen LogP contribution is 2.11. The zero-order chi connectivity index (χ0) is 12.1. The van der Waals surface area contributed by atoms with Gasteiger partial charge in [0, 0.05) is 24.0 Å². The Bertz CT molecular complexity index is 549. The summed E-state index contributed by atoms with van der Waals surface area (Å²) < 4.78 is 0. The van der Waals surface area contributed by atoms with Crippen LogP contribution in [-0.2, 0) is 11.2 Å². The van der Waals surface area contributed by atoms with Gasteiger partial charge >= 0.3 is 0 Å². The van der Waals surface area contributed by atoms with Crippen molar-refractivity contribution in [2.75, 3.05) is 6.54 Å². The first-order valence-electron chi connectivity index (χ1n) is 5.54. The van der Waals surface area contributed by atoms with Crippen molar-refractivity contribution >= 4 is 16.8 Å². The third-order valence-electron chi connectivity index (χ3n) is 2.52. The molecule has 1 aromatic carbocycles. The number of nitrogens with zero attached hydrogens (tertiary/aromatic N) is 1. The van der Waals surface area contributed by atoms with Crippen molar-refractivity contribution in [3.63, 3.8) is 0 Å². The molecule has 0 aliphatic carbocycles. The Morgan fingerprint density at radius 1 is 1.29 bits per heavy atom. The van der Waals surface area contributed by atoms with E-state index in [-0.39, 0.29) is 5.91 Å². The summed E-state index contributed by atoms with van der Waals surface area (Å²) in [6.45, 7) is 3.98. The van der Waals surface area contributed by atoms with Gasteiger partial charge in [-0.25, -0.2) is 0 Å². The number of pyridine rings is 1. The molecule has 0 spiro atoms. The van der Waals surface area contributed by atoms with E-state index < -0.39 is 0 Å². The lowest BCUT2D eigenvalue weighted by molar-refractivity contribution is -0.116. The molecule has 86 valence electrons. The molecule has 2 rings (SSSR count). The maximum atomic E-state index is 11.0. The van der Waals surface area contributed by atoms with Crippen LogP contribution in [0.5, 0.6) is 0 Å². The van der Waals surface area contributed by atoms with Gasteiger partial charge in [0.15, 0.2) is 0 Å². The summed E-state index contributed by atoms with van der Waals surface area (Å²) in [6, 6.07) is 12.0. The Labute approximate surface area is 100 Å². The van der Waals surface area contributed by atoms with Gasteiger partial charge in [0.1, 0.15) is 0 Å². The highest BCUT2D eigenvalue weighted by molar-refractivity contribution is 5.86. The number of carbonyl (C=O) groups is 1. The molecule has 3 nitrogen and oxygen atoms in total. The van der Waals surface area contributed by atoms with Gasteiger partial charge in [0.2, 0.25) is 5.91 Å². The number of fused-ring (bicyclic) bond motifs is 1. The van der Waals surface area contributed by atoms with E-state index >= 15 is 0 Å². The van der Waals surface area contributed by atoms with Crippen LogP contribution in [0.2, 0.25) is 0 Å². The van der Waals surface area contributed by atoms with E-state index in [1.165, 1.54) is 6.08 Å². The average Bonchev–Trinajstić information content (AvgIpc) is 2.38. The van der Waals surface area contributed by atoms with Gasteiger partial charge in [-0.2, -0.15) is 0 Å². The normalized spacial score (nSPS) is 10.1. The standard InChI is InChI=1S/C14H14N2O/c1-2-14(17)15-10-9-12-8-7-11-5-3-4-6-13(11)16-12/h2-8H,1,9-10H2,(H,15,17). The van der Waals surface area contributed by atoms with Crippen LogP contribution in [0.15, 0.2) is 49.1 Å². The zero-order valence-electron chi connectivity index (χ0n) is 9.52. The molecule has 0 saturated carbocycles. The molecule has 0 bridgehead atoms. The number of aromatic nitrogens is 1. The van der Waals surface area contributed by atoms with Crippen molar-refractivity contribution in [3.05, 3.63) is 54.7 Å². The van der Waals surface area contributed by atoms with Gasteiger partial charge in [0.05, 0.1) is 5.52 Å². The fourth-order valence-electron chi connectivity index (χ4n) is 1.63. The van der Waals surface area contributed by atoms with E-state index in [2.05, 4.69) is 16.9 Å². The van der Waals surface area contributed by atoms with Crippen molar-refractivity contribution < 1.29 is 4.79 Å². The molecule has 0 radical (unpaired) electrons. The van der Waals surface area contributed by atoms with Crippen LogP contribution in [0.1, 0.15) is 5.69 Å². The van der Waals surface area contributed by atoms with Crippen LogP contribution in [-0.4, -0.2) is 17.4 Å². The van der Waals surface area contributed by atoms with Crippen molar-refractivity contribution in [1.29, 1.82) is 0 Å². The van der Waals surface area contributed by atoms with Crippen molar-refractivity contribution in [3.8, 4) is 0 Å². The Balaban J connectivity index is 2.04. The van der Waals surface area contributed by atoms with Gasteiger partial charge in [0.25, 0.3) is 0 Å². The van der Waals surface area contributed by atoms with Crippen molar-refractivity contribution in [2.24, 2.45) is 0 Å². The lowest BCUT2D eigenvalue weighted by Gasteiger charge is -2.03. The second-order valence-corrected chi connectivity index (χ2v) is 3.74. The van der Waals surface area contributed by atoms with E-state index in [1.807, 2.05) is 36.4 Å². The molecule has 1 heterocycles. The fourth-order valence-corrected chi connectivity index (χ4v) is 1.63. The average molecular weight is 226 g/mol. The largest absolute Gasteiger partial charge is 0.352 e. The van der Waals surface area contributed by atoms with Crippen LogP contribution in [0.3, 0.4) is 0 Å². The minimum absolute atomic E-state index is 0.147. The van der Waals surface area contributed by atoms with E-state index in [1.54, 1.807) is 0 Å². The van der Waals surface area contributed by atoms with E-state index in [4.69, 9.17) is 0 Å². The van der Waals surface area contributed by atoms with Crippen molar-refractivity contribution in [1.82, 2.24) is 10.3 Å². The van der Waals surface area contributed by atoms with E-state index in [0.29, 0.717) is 6.54 Å². The summed E-state index contributed by atoms with van der Waals surface area (Å²) >= 11 is 0. The van der Waals surface area contributed by atoms with Gasteiger partial charge in [-0.15, -0.1) is 0 Å². The Kier molecular flexibility index (Phi) is 3.50. The van der Waals surface area contributed by atoms with Crippen LogP contribution >= 0.6 is 0 Å². The number of carbonyl (C=O) groups excluding carboxylic acids is 1. The molecule has 2 aromatic rings. The lowest BCUT2D eigenvalue weighted by atomic mass is 10.2. The van der Waals surface area contributed by atoms with E-state index in [0.717, 1.165) is 23.0 Å². The smallest absolute Gasteiger partial charge is 0.243 e. The molecular weight excluding hydrogens is 212 g/mol. The first-order chi connectivity index (χ1) is 8.29. The molecule has 0 aliphatic heterocycles. The van der Waals surface area contributed by atoms with Crippen LogP contribution in [0.4, 0.5) is 0 Å². The number of para-hydroxylation sites is 1. The zero-order valence-corrected chi connectivity index (χ0v) is 9.52. The molecule has 17 heavy (non-hydrogen) atoms. The Hall–Kier alpha value is -2.16. The second kappa shape index (κ2) is 5.25. The molecule has 1 aromatic heterocycles. The fraction of sp³-hybridized carbons (Fsp3) is 0.143. The number of hydrogen-bond donors (Lipinski definition) is 1. The number of hydrogen-bond acceptors (Lipinski definition) is 2. The third-order valence-corrected chi connectivity index (χ3v) is 2.52. The SMILES string of the molecule is C=CC(=O)NCCc1ccc2ccccc2n1. The molecule has 0 aliphatic rings. The highest BCUT2D eigenvalue weighted by Gasteiger charge is 1.99. The minimum atomic E-state index is -0.147. The summed E-state index contributed by atoms with van der Waals surface area (Å²) in [5, 5.41) is 3.86. The first kappa shape index (κ1) is 11.3. The summed E-state index contributed by atoms with van der Waals surface area (Å²) in [4.78, 5) is 15.5. The minimum Gasteiger partial charge on any atom is -0.352 e. The van der Waals surface area contributed by atoms with Gasteiger partial charge in [-0.3, -0.25) is 9.78 Å². The quantitative estimate of drug-likeness (QED) is 0.811. The Morgan fingerprint density at radius 2 is 2.12 bits per heavy atom. The van der Waals surface area contributed by atoms with Gasteiger partial charge in [-0.05, 0) is 18.2 Å². The molecule has 0 unspecified atom stereocenters. The maximum absolute atomic E-state index is 11.0. The van der Waals surface area contributed by atoms with Crippen LogP contribution in [0.25, 0.3) is 10.9 Å². The summed E-state index contributed by atoms with van der Waals surface area (Å²) in [5.74, 6) is -0.147. The number of nitrogens with one attached hydrogen (secondary N) is 1. The monoisotopic (exact) mass is 226 g/mol. The summed E-state index contributed by atoms with van der Waals surface area (Å²) in [7, 11) is 0. The van der Waals surface area contributed by atoms with Crippen molar-refractivity contribution in [2.45, 2.75) is 6.42 Å². The highest BCUT2D eigenvalue weighted by atomic mass is 16.1. The lowest BCUT2D eigenvalue weighted by Crippen LogP contribution is -2.23. The molecule has 0 atom stereocenters. The molecule has 1 N–H and O–H groups in total. The van der Waals surface area contributed by atoms with Crippen LogP contribution in [0, 0.1) is 0 Å². The van der Waals surface area contributed by atoms with Gasteiger partial charge in [-0.1, -0.05) is 30.8 Å². The first-order valence-corrected chi connectivity index (χ1v) is 5.54. The second-order valence-electron chi connectivity index (χ2n) is 3.74. The number of rotatable bonds is 4. The molecule has 1 amide bonds. The maximum Gasteiger partial charge on any atom is 0.243 e. The molecular formula is C14H14N2O. The molecule has 0 saturated heterocycles. The predicted molar refractivity (Wildman–Crippen MR) is 68.7 cm³/mol.